The molecule has 17 heavy (non-hydrogen) atoms. The van der Waals surface area contributed by atoms with Crippen LogP contribution in [0.5, 0.6) is 0 Å². The first-order chi connectivity index (χ1) is 8.04. The second kappa shape index (κ2) is 6.05. The first-order valence-corrected chi connectivity index (χ1v) is 5.26. The van der Waals surface area contributed by atoms with Gasteiger partial charge in [-0.3, -0.25) is 0 Å². The van der Waals surface area contributed by atoms with Crippen LogP contribution in [0.15, 0.2) is 12.3 Å². The fraction of sp³-hybridized carbons (Fsp3) is 0.455. The highest BCUT2D eigenvalue weighted by atomic mass is 16.5. The molecule has 0 aliphatic rings. The van der Waals surface area contributed by atoms with Gasteiger partial charge in [-0.1, -0.05) is 6.92 Å². The van der Waals surface area contributed by atoms with E-state index in [0.717, 1.165) is 0 Å². The zero-order valence-corrected chi connectivity index (χ0v) is 9.93. The highest BCUT2D eigenvalue weighted by Gasteiger charge is 2.08. The number of aromatic carboxylic acids is 1. The van der Waals surface area contributed by atoms with E-state index < -0.39 is 5.97 Å². The third kappa shape index (κ3) is 3.92. The van der Waals surface area contributed by atoms with Gasteiger partial charge in [-0.15, -0.1) is 0 Å². The van der Waals surface area contributed by atoms with Gasteiger partial charge in [-0.2, -0.15) is 0 Å². The molecule has 1 heterocycles. The quantitative estimate of drug-likeness (QED) is 0.686. The van der Waals surface area contributed by atoms with Crippen LogP contribution in [0, 0.1) is 5.92 Å². The molecule has 0 aromatic carbocycles. The van der Waals surface area contributed by atoms with Crippen LogP contribution in [0.2, 0.25) is 0 Å². The topological polar surface area (TPSA) is 97.5 Å². The van der Waals surface area contributed by atoms with Gasteiger partial charge in [0.15, 0.2) is 0 Å². The summed E-state index contributed by atoms with van der Waals surface area (Å²) in [5.41, 5.74) is 6.11. The molecule has 1 rings (SSSR count). The fourth-order valence-corrected chi connectivity index (χ4v) is 1.36. The summed E-state index contributed by atoms with van der Waals surface area (Å²) in [5.74, 6) is -0.221. The van der Waals surface area contributed by atoms with Crippen molar-refractivity contribution in [3.05, 3.63) is 17.8 Å². The summed E-state index contributed by atoms with van der Waals surface area (Å²) in [5, 5.41) is 11.8. The van der Waals surface area contributed by atoms with Crippen LogP contribution < -0.4 is 11.1 Å². The van der Waals surface area contributed by atoms with Crippen LogP contribution in [0.1, 0.15) is 17.3 Å². The van der Waals surface area contributed by atoms with Gasteiger partial charge in [0.1, 0.15) is 5.82 Å². The van der Waals surface area contributed by atoms with E-state index in [0.29, 0.717) is 30.6 Å². The molecular formula is C11H17N3O3. The lowest BCUT2D eigenvalue weighted by molar-refractivity contribution is 0.0696. The molecule has 0 spiro atoms. The number of aromatic nitrogens is 1. The molecule has 6 nitrogen and oxygen atoms in total. The average molecular weight is 239 g/mol. The van der Waals surface area contributed by atoms with Crippen LogP contribution in [-0.2, 0) is 4.74 Å². The number of hydrogen-bond acceptors (Lipinski definition) is 5. The summed E-state index contributed by atoms with van der Waals surface area (Å²) in [6.45, 7) is 3.33. The Balaban J connectivity index is 2.63. The number of carboxylic acid groups (broad SMARTS) is 1. The lowest BCUT2D eigenvalue weighted by Crippen LogP contribution is -2.17. The Hall–Kier alpha value is -1.82. The molecule has 0 aliphatic heterocycles. The fourth-order valence-electron chi connectivity index (χ4n) is 1.36. The lowest BCUT2D eigenvalue weighted by Gasteiger charge is -2.13. The molecule has 1 atom stereocenters. The number of nitrogens with zero attached hydrogens (tertiary/aromatic N) is 1. The number of carboxylic acids is 1. The summed E-state index contributed by atoms with van der Waals surface area (Å²) >= 11 is 0. The molecule has 0 bridgehead atoms. The SMILES string of the molecule is COCC(C)CNc1ncc(C(=O)O)cc1N. The molecule has 6 heteroatoms. The third-order valence-corrected chi connectivity index (χ3v) is 2.23. The second-order valence-corrected chi connectivity index (χ2v) is 3.91. The second-order valence-electron chi connectivity index (χ2n) is 3.91. The molecule has 94 valence electrons. The highest BCUT2D eigenvalue weighted by molar-refractivity contribution is 5.89. The number of nitrogen functional groups attached to an aromatic ring is 1. The maximum Gasteiger partial charge on any atom is 0.337 e. The van der Waals surface area contributed by atoms with Gasteiger partial charge in [0.05, 0.1) is 17.9 Å². The van der Waals surface area contributed by atoms with Crippen LogP contribution in [0.3, 0.4) is 0 Å². The molecule has 1 aromatic heterocycles. The highest BCUT2D eigenvalue weighted by Crippen LogP contribution is 2.16. The van der Waals surface area contributed by atoms with E-state index in [1.807, 2.05) is 6.92 Å². The summed E-state index contributed by atoms with van der Waals surface area (Å²) in [7, 11) is 1.64. The predicted molar refractivity (Wildman–Crippen MR) is 65.1 cm³/mol. The van der Waals surface area contributed by atoms with Gasteiger partial charge >= 0.3 is 5.97 Å². The smallest absolute Gasteiger partial charge is 0.337 e. The molecule has 0 saturated carbocycles. The molecule has 0 amide bonds. The minimum Gasteiger partial charge on any atom is -0.478 e. The van der Waals surface area contributed by atoms with Crippen molar-refractivity contribution in [2.75, 3.05) is 31.3 Å². The molecule has 0 aliphatic carbocycles. The Bertz CT molecular complexity index is 396. The minimum absolute atomic E-state index is 0.0815. The van der Waals surface area contributed by atoms with E-state index in [1.54, 1.807) is 7.11 Å². The van der Waals surface area contributed by atoms with Crippen molar-refractivity contribution in [3.8, 4) is 0 Å². The number of rotatable bonds is 6. The van der Waals surface area contributed by atoms with Gasteiger partial charge in [0.25, 0.3) is 0 Å². The molecule has 1 unspecified atom stereocenters. The lowest BCUT2D eigenvalue weighted by atomic mass is 10.2. The van der Waals surface area contributed by atoms with Crippen LogP contribution >= 0.6 is 0 Å². The van der Waals surface area contributed by atoms with E-state index in [4.69, 9.17) is 15.6 Å². The summed E-state index contributed by atoms with van der Waals surface area (Å²) in [4.78, 5) is 14.7. The molecule has 0 fully saturated rings. The standard InChI is InChI=1S/C11H17N3O3/c1-7(6-17-2)4-13-10-9(12)3-8(5-14-10)11(15)16/h3,5,7H,4,6,12H2,1-2H3,(H,13,14)(H,15,16). The van der Waals surface area contributed by atoms with Crippen molar-refractivity contribution >= 4 is 17.5 Å². The molecule has 1 aromatic rings. The van der Waals surface area contributed by atoms with Gasteiger partial charge < -0.3 is 20.9 Å². The van der Waals surface area contributed by atoms with Gasteiger partial charge in [0, 0.05) is 19.9 Å². The number of pyridine rings is 1. The predicted octanol–water partition coefficient (Wildman–Crippen LogP) is 1.06. The largest absolute Gasteiger partial charge is 0.478 e. The Morgan fingerprint density at radius 3 is 2.94 bits per heavy atom. The van der Waals surface area contributed by atoms with Gasteiger partial charge in [0.2, 0.25) is 0 Å². The van der Waals surface area contributed by atoms with Crippen molar-refractivity contribution < 1.29 is 14.6 Å². The number of nitrogens with two attached hydrogens (primary N) is 1. The minimum atomic E-state index is -1.04. The van der Waals surface area contributed by atoms with Crippen molar-refractivity contribution in [1.29, 1.82) is 0 Å². The van der Waals surface area contributed by atoms with E-state index in [2.05, 4.69) is 10.3 Å². The molecule has 4 N–H and O–H groups in total. The third-order valence-electron chi connectivity index (χ3n) is 2.23. The number of ether oxygens (including phenoxy) is 1. The number of carbonyl (C=O) groups is 1. The maximum absolute atomic E-state index is 10.7. The number of nitrogens with one attached hydrogen (secondary N) is 1. The van der Waals surface area contributed by atoms with Gasteiger partial charge in [-0.25, -0.2) is 9.78 Å². The first kappa shape index (κ1) is 13.2. The maximum atomic E-state index is 10.7. The summed E-state index contributed by atoms with van der Waals surface area (Å²) in [6.07, 6.45) is 1.28. The molecular weight excluding hydrogens is 222 g/mol. The Morgan fingerprint density at radius 2 is 2.41 bits per heavy atom. The Kier molecular flexibility index (Phi) is 4.71. The Morgan fingerprint density at radius 1 is 1.71 bits per heavy atom. The van der Waals surface area contributed by atoms with E-state index in [-0.39, 0.29) is 5.56 Å². The van der Waals surface area contributed by atoms with Crippen LogP contribution in [0.25, 0.3) is 0 Å². The van der Waals surface area contributed by atoms with E-state index in [9.17, 15) is 4.79 Å². The van der Waals surface area contributed by atoms with Crippen LogP contribution in [-0.4, -0.2) is 36.3 Å². The van der Waals surface area contributed by atoms with Crippen molar-refractivity contribution in [3.63, 3.8) is 0 Å². The normalized spacial score (nSPS) is 12.1. The molecule has 0 saturated heterocycles. The van der Waals surface area contributed by atoms with Crippen molar-refractivity contribution in [1.82, 2.24) is 4.98 Å². The zero-order chi connectivity index (χ0) is 12.8. The number of anilines is 2. The monoisotopic (exact) mass is 239 g/mol. The zero-order valence-electron chi connectivity index (χ0n) is 9.93. The average Bonchev–Trinajstić information content (AvgIpc) is 2.27. The number of hydrogen-bond donors (Lipinski definition) is 3. The van der Waals surface area contributed by atoms with E-state index >= 15 is 0 Å². The summed E-state index contributed by atoms with van der Waals surface area (Å²) < 4.78 is 5.00. The van der Waals surface area contributed by atoms with Gasteiger partial charge in [-0.05, 0) is 12.0 Å². The first-order valence-electron chi connectivity index (χ1n) is 5.26. The molecule has 0 radical (unpaired) electrons. The number of methoxy groups -OCH3 is 1. The van der Waals surface area contributed by atoms with E-state index in [1.165, 1.54) is 12.3 Å². The van der Waals surface area contributed by atoms with Crippen LogP contribution in [0.4, 0.5) is 11.5 Å². The van der Waals surface area contributed by atoms with Crippen molar-refractivity contribution in [2.45, 2.75) is 6.92 Å². The Labute approximate surface area is 99.8 Å². The summed E-state index contributed by atoms with van der Waals surface area (Å²) in [6, 6.07) is 1.39. The van der Waals surface area contributed by atoms with Crippen molar-refractivity contribution in [2.24, 2.45) is 5.92 Å².